The predicted octanol–water partition coefficient (Wildman–Crippen LogP) is 1.83. The van der Waals surface area contributed by atoms with E-state index in [4.69, 9.17) is 10.5 Å². The zero-order chi connectivity index (χ0) is 13.8. The molecule has 4 nitrogen and oxygen atoms in total. The van der Waals surface area contributed by atoms with Gasteiger partial charge < -0.3 is 15.4 Å². The molecule has 1 heterocycles. The highest BCUT2D eigenvalue weighted by Crippen LogP contribution is 2.19. The number of nitrogens with zero attached hydrogens (tertiary/aromatic N) is 1. The van der Waals surface area contributed by atoms with Crippen molar-refractivity contribution in [2.45, 2.75) is 6.42 Å². The molecule has 0 saturated heterocycles. The standard InChI is InChI=1S/C14H17FN2O2/c1-19-9-10-4-6-17(7-5-10)14(18)12-3-2-11(15)8-13(12)16/h2-4,8H,5-7,9,16H2,1H3. The van der Waals surface area contributed by atoms with Crippen molar-refractivity contribution in [1.82, 2.24) is 4.90 Å². The normalized spacial score (nSPS) is 15.3. The average Bonchev–Trinajstić information content (AvgIpc) is 2.39. The third-order valence-corrected chi connectivity index (χ3v) is 3.16. The molecule has 0 radical (unpaired) electrons. The summed E-state index contributed by atoms with van der Waals surface area (Å²) >= 11 is 0. The van der Waals surface area contributed by atoms with E-state index in [1.807, 2.05) is 6.08 Å². The van der Waals surface area contributed by atoms with Gasteiger partial charge >= 0.3 is 0 Å². The molecule has 0 aromatic heterocycles. The topological polar surface area (TPSA) is 55.6 Å². The van der Waals surface area contributed by atoms with E-state index in [0.29, 0.717) is 25.3 Å². The van der Waals surface area contributed by atoms with E-state index >= 15 is 0 Å². The maximum atomic E-state index is 13.0. The van der Waals surface area contributed by atoms with Gasteiger partial charge in [-0.15, -0.1) is 0 Å². The van der Waals surface area contributed by atoms with Crippen LogP contribution < -0.4 is 5.73 Å². The SMILES string of the molecule is COCC1=CCN(C(=O)c2ccc(F)cc2N)CC1. The first kappa shape index (κ1) is 13.5. The van der Waals surface area contributed by atoms with Gasteiger partial charge in [-0.3, -0.25) is 4.79 Å². The first-order chi connectivity index (χ1) is 9.11. The quantitative estimate of drug-likeness (QED) is 0.669. The Balaban J connectivity index is 2.09. The van der Waals surface area contributed by atoms with Gasteiger partial charge in [0.25, 0.3) is 5.91 Å². The lowest BCUT2D eigenvalue weighted by atomic mass is 10.1. The molecule has 1 amide bonds. The highest BCUT2D eigenvalue weighted by molar-refractivity contribution is 5.99. The van der Waals surface area contributed by atoms with Crippen LogP contribution in [0.25, 0.3) is 0 Å². The molecule has 19 heavy (non-hydrogen) atoms. The van der Waals surface area contributed by atoms with Crippen LogP contribution >= 0.6 is 0 Å². The Kier molecular flexibility index (Phi) is 4.16. The molecule has 0 atom stereocenters. The van der Waals surface area contributed by atoms with Crippen molar-refractivity contribution in [1.29, 1.82) is 0 Å². The van der Waals surface area contributed by atoms with Gasteiger partial charge in [-0.1, -0.05) is 6.08 Å². The number of carbonyl (C=O) groups is 1. The molecular weight excluding hydrogens is 247 g/mol. The smallest absolute Gasteiger partial charge is 0.256 e. The number of halogens is 1. The van der Waals surface area contributed by atoms with Gasteiger partial charge in [0.1, 0.15) is 5.82 Å². The molecule has 1 aliphatic rings. The lowest BCUT2D eigenvalue weighted by molar-refractivity contribution is 0.0766. The minimum Gasteiger partial charge on any atom is -0.398 e. The minimum atomic E-state index is -0.435. The minimum absolute atomic E-state index is 0.162. The van der Waals surface area contributed by atoms with Gasteiger partial charge in [0.15, 0.2) is 0 Å². The van der Waals surface area contributed by atoms with E-state index in [2.05, 4.69) is 0 Å². The van der Waals surface area contributed by atoms with E-state index in [-0.39, 0.29) is 11.6 Å². The Bertz CT molecular complexity index is 514. The molecule has 0 aliphatic carbocycles. The summed E-state index contributed by atoms with van der Waals surface area (Å²) in [5, 5.41) is 0. The van der Waals surface area contributed by atoms with Gasteiger partial charge in [0.2, 0.25) is 0 Å². The summed E-state index contributed by atoms with van der Waals surface area (Å²) in [5.74, 6) is -0.597. The second kappa shape index (κ2) is 5.84. The number of nitrogens with two attached hydrogens (primary N) is 1. The van der Waals surface area contributed by atoms with Crippen LogP contribution in [0.2, 0.25) is 0 Å². The number of carbonyl (C=O) groups excluding carboxylic acids is 1. The van der Waals surface area contributed by atoms with Gasteiger partial charge in [0.05, 0.1) is 12.2 Å². The Hall–Kier alpha value is -1.88. The van der Waals surface area contributed by atoms with E-state index < -0.39 is 5.82 Å². The lowest BCUT2D eigenvalue weighted by Crippen LogP contribution is -2.35. The van der Waals surface area contributed by atoms with Crippen molar-refractivity contribution >= 4 is 11.6 Å². The first-order valence-electron chi connectivity index (χ1n) is 6.13. The van der Waals surface area contributed by atoms with Crippen LogP contribution in [0.1, 0.15) is 16.8 Å². The van der Waals surface area contributed by atoms with E-state index in [0.717, 1.165) is 6.42 Å². The van der Waals surface area contributed by atoms with Crippen molar-refractivity contribution < 1.29 is 13.9 Å². The molecular formula is C14H17FN2O2. The van der Waals surface area contributed by atoms with Crippen molar-refractivity contribution in [3.8, 4) is 0 Å². The fourth-order valence-corrected chi connectivity index (χ4v) is 2.11. The number of rotatable bonds is 3. The molecule has 2 rings (SSSR count). The fourth-order valence-electron chi connectivity index (χ4n) is 2.11. The summed E-state index contributed by atoms with van der Waals surface area (Å²) in [7, 11) is 1.65. The van der Waals surface area contributed by atoms with Crippen LogP contribution in [-0.2, 0) is 4.74 Å². The molecule has 1 aliphatic heterocycles. The fraction of sp³-hybridized carbons (Fsp3) is 0.357. The number of hydrogen-bond donors (Lipinski definition) is 1. The molecule has 102 valence electrons. The number of amides is 1. The summed E-state index contributed by atoms with van der Waals surface area (Å²) in [6.45, 7) is 1.76. The molecule has 0 fully saturated rings. The molecule has 0 saturated carbocycles. The van der Waals surface area contributed by atoms with Crippen molar-refractivity contribution in [3.05, 3.63) is 41.2 Å². The highest BCUT2D eigenvalue weighted by Gasteiger charge is 2.20. The Labute approximate surface area is 111 Å². The number of hydrogen-bond acceptors (Lipinski definition) is 3. The van der Waals surface area contributed by atoms with Crippen LogP contribution in [0.15, 0.2) is 29.8 Å². The van der Waals surface area contributed by atoms with Gasteiger partial charge in [-0.25, -0.2) is 4.39 Å². The number of nitrogen functional groups attached to an aromatic ring is 1. The van der Waals surface area contributed by atoms with E-state index in [9.17, 15) is 9.18 Å². The average molecular weight is 264 g/mol. The molecule has 0 unspecified atom stereocenters. The Morgan fingerprint density at radius 3 is 2.89 bits per heavy atom. The van der Waals surface area contributed by atoms with Crippen LogP contribution in [-0.4, -0.2) is 37.6 Å². The lowest BCUT2D eigenvalue weighted by Gasteiger charge is -2.26. The Morgan fingerprint density at radius 2 is 2.32 bits per heavy atom. The monoisotopic (exact) mass is 264 g/mol. The largest absolute Gasteiger partial charge is 0.398 e. The molecule has 0 spiro atoms. The number of benzene rings is 1. The van der Waals surface area contributed by atoms with Crippen molar-refractivity contribution in [3.63, 3.8) is 0 Å². The van der Waals surface area contributed by atoms with Crippen molar-refractivity contribution in [2.24, 2.45) is 0 Å². The molecule has 5 heteroatoms. The zero-order valence-electron chi connectivity index (χ0n) is 10.9. The third kappa shape index (κ3) is 3.12. The second-order valence-electron chi connectivity index (χ2n) is 4.53. The molecule has 1 aromatic carbocycles. The molecule has 2 N–H and O–H groups in total. The predicted molar refractivity (Wildman–Crippen MR) is 71.3 cm³/mol. The summed E-state index contributed by atoms with van der Waals surface area (Å²) in [6, 6.07) is 3.85. The summed E-state index contributed by atoms with van der Waals surface area (Å²) in [4.78, 5) is 14.0. The number of ether oxygens (including phenoxy) is 1. The highest BCUT2D eigenvalue weighted by atomic mass is 19.1. The van der Waals surface area contributed by atoms with Gasteiger partial charge in [-0.2, -0.15) is 0 Å². The van der Waals surface area contributed by atoms with Gasteiger partial charge in [0, 0.05) is 25.9 Å². The van der Waals surface area contributed by atoms with Crippen LogP contribution in [0.5, 0.6) is 0 Å². The van der Waals surface area contributed by atoms with E-state index in [1.54, 1.807) is 12.0 Å². The number of methoxy groups -OCH3 is 1. The number of anilines is 1. The van der Waals surface area contributed by atoms with Crippen molar-refractivity contribution in [2.75, 3.05) is 32.5 Å². The summed E-state index contributed by atoms with van der Waals surface area (Å²) in [5.41, 5.74) is 7.40. The first-order valence-corrected chi connectivity index (χ1v) is 6.13. The summed E-state index contributed by atoms with van der Waals surface area (Å²) in [6.07, 6.45) is 2.78. The van der Waals surface area contributed by atoms with Crippen LogP contribution in [0.4, 0.5) is 10.1 Å². The Morgan fingerprint density at radius 1 is 1.53 bits per heavy atom. The molecule has 0 bridgehead atoms. The third-order valence-electron chi connectivity index (χ3n) is 3.16. The second-order valence-corrected chi connectivity index (χ2v) is 4.53. The molecule has 1 aromatic rings. The summed E-state index contributed by atoms with van der Waals surface area (Å²) < 4.78 is 18.0. The van der Waals surface area contributed by atoms with Gasteiger partial charge in [-0.05, 0) is 30.2 Å². The van der Waals surface area contributed by atoms with Crippen LogP contribution in [0.3, 0.4) is 0 Å². The van der Waals surface area contributed by atoms with E-state index in [1.165, 1.54) is 23.8 Å². The van der Waals surface area contributed by atoms with Crippen LogP contribution in [0, 0.1) is 5.82 Å². The maximum Gasteiger partial charge on any atom is 0.256 e. The zero-order valence-corrected chi connectivity index (χ0v) is 10.9. The maximum absolute atomic E-state index is 13.0.